The zero-order chi connectivity index (χ0) is 13.9. The SMILES string of the molecule is N#Cc1cc(-c2nc(Cc3ccc(F)cc3)no2)c[nH]1. The summed E-state index contributed by atoms with van der Waals surface area (Å²) >= 11 is 0. The Hall–Kier alpha value is -2.94. The number of H-pyrrole nitrogens is 1. The van der Waals surface area contributed by atoms with Crippen LogP contribution >= 0.6 is 0 Å². The first-order valence-corrected chi connectivity index (χ1v) is 5.90. The molecule has 0 atom stereocenters. The predicted molar refractivity (Wildman–Crippen MR) is 68.0 cm³/mol. The lowest BCUT2D eigenvalue weighted by Gasteiger charge is -1.95. The van der Waals surface area contributed by atoms with Gasteiger partial charge in [0.1, 0.15) is 17.6 Å². The van der Waals surface area contributed by atoms with Crippen LogP contribution in [0.3, 0.4) is 0 Å². The first-order chi connectivity index (χ1) is 9.74. The molecule has 6 heteroatoms. The Bertz CT molecular complexity index is 767. The van der Waals surface area contributed by atoms with Gasteiger partial charge in [-0.1, -0.05) is 17.3 Å². The first-order valence-electron chi connectivity index (χ1n) is 5.90. The van der Waals surface area contributed by atoms with Crippen LogP contribution in [0.5, 0.6) is 0 Å². The maximum atomic E-state index is 12.8. The molecule has 20 heavy (non-hydrogen) atoms. The zero-order valence-electron chi connectivity index (χ0n) is 10.3. The number of hydrogen-bond acceptors (Lipinski definition) is 4. The van der Waals surface area contributed by atoms with Crippen molar-refractivity contribution in [1.29, 1.82) is 5.26 Å². The minimum Gasteiger partial charge on any atom is -0.352 e. The number of nitriles is 1. The van der Waals surface area contributed by atoms with Crippen molar-refractivity contribution in [3.63, 3.8) is 0 Å². The fraction of sp³-hybridized carbons (Fsp3) is 0.0714. The summed E-state index contributed by atoms with van der Waals surface area (Å²) in [6.07, 6.45) is 2.09. The molecule has 3 aromatic rings. The standard InChI is InChI=1S/C14H9FN4O/c15-11-3-1-9(2-4-11)5-13-18-14(20-19-13)10-6-12(7-16)17-8-10/h1-4,6,8,17H,5H2. The van der Waals surface area contributed by atoms with Crippen LogP contribution in [-0.4, -0.2) is 15.1 Å². The Morgan fingerprint density at radius 2 is 2.10 bits per heavy atom. The minimum atomic E-state index is -0.279. The van der Waals surface area contributed by atoms with Gasteiger partial charge in [-0.25, -0.2) is 4.39 Å². The molecule has 0 amide bonds. The highest BCUT2D eigenvalue weighted by molar-refractivity contribution is 5.54. The van der Waals surface area contributed by atoms with Crippen LogP contribution in [0.2, 0.25) is 0 Å². The Kier molecular flexibility index (Phi) is 3.01. The monoisotopic (exact) mass is 268 g/mol. The molecule has 0 saturated carbocycles. The van der Waals surface area contributed by atoms with E-state index in [1.54, 1.807) is 24.4 Å². The Morgan fingerprint density at radius 3 is 2.80 bits per heavy atom. The van der Waals surface area contributed by atoms with Crippen LogP contribution in [-0.2, 0) is 6.42 Å². The number of benzene rings is 1. The van der Waals surface area contributed by atoms with Gasteiger partial charge in [0.25, 0.3) is 5.89 Å². The summed E-state index contributed by atoms with van der Waals surface area (Å²) < 4.78 is 17.9. The van der Waals surface area contributed by atoms with Gasteiger partial charge in [-0.15, -0.1) is 0 Å². The summed E-state index contributed by atoms with van der Waals surface area (Å²) in [4.78, 5) is 7.03. The molecule has 0 bridgehead atoms. The molecule has 2 heterocycles. The van der Waals surface area contributed by atoms with Gasteiger partial charge < -0.3 is 9.51 Å². The normalized spacial score (nSPS) is 10.4. The van der Waals surface area contributed by atoms with Crippen LogP contribution in [0.1, 0.15) is 17.1 Å². The van der Waals surface area contributed by atoms with Gasteiger partial charge in [0.2, 0.25) is 0 Å². The van der Waals surface area contributed by atoms with Crippen molar-refractivity contribution < 1.29 is 8.91 Å². The van der Waals surface area contributed by atoms with E-state index in [4.69, 9.17) is 9.78 Å². The fourth-order valence-electron chi connectivity index (χ4n) is 1.81. The van der Waals surface area contributed by atoms with E-state index in [-0.39, 0.29) is 5.82 Å². The summed E-state index contributed by atoms with van der Waals surface area (Å²) in [6, 6.07) is 9.76. The van der Waals surface area contributed by atoms with Crippen molar-refractivity contribution in [2.75, 3.05) is 0 Å². The van der Waals surface area contributed by atoms with Gasteiger partial charge in [-0.3, -0.25) is 0 Å². The number of halogens is 1. The maximum Gasteiger partial charge on any atom is 0.259 e. The molecule has 0 spiro atoms. The molecular formula is C14H9FN4O. The van der Waals surface area contributed by atoms with Gasteiger partial charge >= 0.3 is 0 Å². The topological polar surface area (TPSA) is 78.5 Å². The lowest BCUT2D eigenvalue weighted by Crippen LogP contribution is -1.90. The molecule has 0 radical (unpaired) electrons. The lowest BCUT2D eigenvalue weighted by molar-refractivity contribution is 0.424. The molecule has 5 nitrogen and oxygen atoms in total. The summed E-state index contributed by atoms with van der Waals surface area (Å²) in [5.41, 5.74) is 1.99. The van der Waals surface area contributed by atoms with Crippen molar-refractivity contribution in [3.05, 3.63) is 59.4 Å². The number of aromatic nitrogens is 3. The summed E-state index contributed by atoms with van der Waals surface area (Å²) in [7, 11) is 0. The number of nitrogens with zero attached hydrogens (tertiary/aromatic N) is 3. The van der Waals surface area contributed by atoms with Crippen LogP contribution in [0.15, 0.2) is 41.1 Å². The first kappa shape index (κ1) is 12.1. The third-order valence-electron chi connectivity index (χ3n) is 2.79. The van der Waals surface area contributed by atoms with Crippen LogP contribution in [0.25, 0.3) is 11.5 Å². The van der Waals surface area contributed by atoms with E-state index in [1.165, 1.54) is 12.1 Å². The number of hydrogen-bond donors (Lipinski definition) is 1. The van der Waals surface area contributed by atoms with E-state index in [2.05, 4.69) is 15.1 Å². The second-order valence-electron chi connectivity index (χ2n) is 4.23. The molecule has 0 aliphatic rings. The van der Waals surface area contributed by atoms with E-state index >= 15 is 0 Å². The summed E-state index contributed by atoms with van der Waals surface area (Å²) in [5.74, 6) is 0.574. The third-order valence-corrected chi connectivity index (χ3v) is 2.79. The van der Waals surface area contributed by atoms with Gasteiger partial charge in [-0.05, 0) is 23.8 Å². The van der Waals surface area contributed by atoms with E-state index < -0.39 is 0 Å². The highest BCUT2D eigenvalue weighted by atomic mass is 19.1. The van der Waals surface area contributed by atoms with Gasteiger partial charge in [0, 0.05) is 12.6 Å². The van der Waals surface area contributed by atoms with Crippen molar-refractivity contribution in [3.8, 4) is 17.5 Å². The van der Waals surface area contributed by atoms with Crippen molar-refractivity contribution >= 4 is 0 Å². The molecule has 0 fully saturated rings. The molecule has 0 unspecified atom stereocenters. The minimum absolute atomic E-state index is 0.279. The number of rotatable bonds is 3. The highest BCUT2D eigenvalue weighted by Crippen LogP contribution is 2.18. The molecule has 3 rings (SSSR count). The van der Waals surface area contributed by atoms with Gasteiger partial charge in [0.15, 0.2) is 5.82 Å². The average Bonchev–Trinajstić information content (AvgIpc) is 3.10. The molecule has 0 aliphatic heterocycles. The number of nitrogens with one attached hydrogen (secondary N) is 1. The average molecular weight is 268 g/mol. The molecular weight excluding hydrogens is 259 g/mol. The zero-order valence-corrected chi connectivity index (χ0v) is 10.3. The molecule has 1 N–H and O–H groups in total. The predicted octanol–water partition coefficient (Wildman–Crippen LogP) is 2.67. The highest BCUT2D eigenvalue weighted by Gasteiger charge is 2.11. The third kappa shape index (κ3) is 2.42. The van der Waals surface area contributed by atoms with Gasteiger partial charge in [0.05, 0.1) is 5.56 Å². The molecule has 2 aromatic heterocycles. The van der Waals surface area contributed by atoms with Crippen molar-refractivity contribution in [2.24, 2.45) is 0 Å². The molecule has 0 saturated heterocycles. The van der Waals surface area contributed by atoms with Crippen molar-refractivity contribution in [2.45, 2.75) is 6.42 Å². The van der Waals surface area contributed by atoms with Crippen molar-refractivity contribution in [1.82, 2.24) is 15.1 Å². The second-order valence-corrected chi connectivity index (χ2v) is 4.23. The van der Waals surface area contributed by atoms with Crippen LogP contribution in [0.4, 0.5) is 4.39 Å². The molecule has 1 aromatic carbocycles. The summed E-state index contributed by atoms with van der Waals surface area (Å²) in [6.45, 7) is 0. The van der Waals surface area contributed by atoms with E-state index in [9.17, 15) is 4.39 Å². The van der Waals surface area contributed by atoms with E-state index in [1.807, 2.05) is 6.07 Å². The Balaban J connectivity index is 1.80. The summed E-state index contributed by atoms with van der Waals surface area (Å²) in [5, 5.41) is 12.6. The fourth-order valence-corrected chi connectivity index (χ4v) is 1.81. The smallest absolute Gasteiger partial charge is 0.259 e. The largest absolute Gasteiger partial charge is 0.352 e. The van der Waals surface area contributed by atoms with E-state index in [0.717, 1.165) is 5.56 Å². The lowest BCUT2D eigenvalue weighted by atomic mass is 10.1. The number of aromatic amines is 1. The van der Waals surface area contributed by atoms with Crippen LogP contribution in [0, 0.1) is 17.1 Å². The maximum absolute atomic E-state index is 12.8. The molecule has 98 valence electrons. The van der Waals surface area contributed by atoms with Crippen LogP contribution < -0.4 is 0 Å². The quantitative estimate of drug-likeness (QED) is 0.792. The second kappa shape index (κ2) is 4.97. The Labute approximate surface area is 113 Å². The van der Waals surface area contributed by atoms with E-state index in [0.29, 0.717) is 29.4 Å². The van der Waals surface area contributed by atoms with Gasteiger partial charge in [-0.2, -0.15) is 10.2 Å². The molecule has 0 aliphatic carbocycles. The Morgan fingerprint density at radius 1 is 1.30 bits per heavy atom.